The highest BCUT2D eigenvalue weighted by atomic mass is 16.5. The maximum atomic E-state index is 13.0. The molecule has 514 valence electrons. The first kappa shape index (κ1) is 70.9. The maximum Gasteiger partial charge on any atom is 0.229 e. The van der Waals surface area contributed by atoms with E-state index in [1.165, 1.54) is 75.8 Å². The van der Waals surface area contributed by atoms with E-state index in [-0.39, 0.29) is 68.2 Å². The fraction of sp³-hybridized carbons (Fsp3) is 0.461. The van der Waals surface area contributed by atoms with E-state index in [1.54, 1.807) is 6.07 Å². The summed E-state index contributed by atoms with van der Waals surface area (Å²) in [5.74, 6) is -1.36. The van der Waals surface area contributed by atoms with E-state index < -0.39 is 0 Å². The van der Waals surface area contributed by atoms with Crippen molar-refractivity contribution in [2.45, 2.75) is 175 Å². The van der Waals surface area contributed by atoms with Gasteiger partial charge in [0.15, 0.2) is 11.3 Å². The summed E-state index contributed by atoms with van der Waals surface area (Å²) in [6.45, 7) is 19.5. The summed E-state index contributed by atoms with van der Waals surface area (Å²) in [4.78, 5) is 75.0. The van der Waals surface area contributed by atoms with Crippen molar-refractivity contribution in [1.82, 2.24) is 61.0 Å². The molecule has 0 atom stereocenters. The fourth-order valence-corrected chi connectivity index (χ4v) is 13.1. The molecule has 0 spiro atoms. The van der Waals surface area contributed by atoms with Crippen LogP contribution in [0, 0.1) is 0 Å². The molecular weight excluding hydrogens is 1220 g/mol. The number of aldehydes is 1. The highest BCUT2D eigenvalue weighted by Crippen LogP contribution is 2.34. The van der Waals surface area contributed by atoms with E-state index in [2.05, 4.69) is 103 Å². The maximum absolute atomic E-state index is 13.0. The molecule has 4 saturated heterocycles. The van der Waals surface area contributed by atoms with E-state index in [0.29, 0.717) is 44.7 Å². The third-order valence-electron chi connectivity index (χ3n) is 18.4. The standard InChI is InChI=1S/C38H49N7O3.C33H38N6O4.C5H11N/c1-3-34-32(37(42-31-14-18-48-19-15-31)33-25-41-45(4-2)38(33)43-34)24-40-36(47)22-35(46)39-23-27-10-8-12-29(20-27)30-13-9-11-28(21-30)26-44-16-6-5-7-17-44;1-3-29-27(32(37-26-11-13-43-14-12-26)28-20-36-39(4-2)33(28)38-29)19-35-31(42)17-30(41)34-18-22-7-5-9-24(15-22)25-10-6-8-23(16-25)21-40;1-2-4-6-5-3-1/h8-13,20-21,25,31H,3-7,14-19,22-24,26H2,1-2H3,(H,39,46)(H,40,47)(H,42,43);5-10,15-16,20-21,26H,3-4,11-14,17-19H2,1-2H3,(H,34,41)(H,35,42)(H,37,38);6H,1-5H2. The molecule has 0 saturated carbocycles. The molecular formula is C76H98N14O7. The van der Waals surface area contributed by atoms with Crippen LogP contribution < -0.4 is 37.2 Å². The van der Waals surface area contributed by atoms with Crippen molar-refractivity contribution in [1.29, 1.82) is 0 Å². The first-order valence-electron chi connectivity index (χ1n) is 35.2. The second kappa shape index (κ2) is 36.5. The van der Waals surface area contributed by atoms with E-state index in [9.17, 15) is 24.0 Å². The summed E-state index contributed by atoms with van der Waals surface area (Å²) in [5.41, 5.74) is 15.2. The third kappa shape index (κ3) is 20.1. The summed E-state index contributed by atoms with van der Waals surface area (Å²) >= 11 is 0. The molecule has 7 N–H and O–H groups in total. The van der Waals surface area contributed by atoms with Crippen molar-refractivity contribution in [3.8, 4) is 22.3 Å². The van der Waals surface area contributed by atoms with Gasteiger partial charge in [0.05, 0.1) is 34.5 Å². The number of amides is 4. The number of anilines is 2. The number of nitrogens with one attached hydrogen (secondary N) is 7. The molecule has 0 aliphatic carbocycles. The number of aryl methyl sites for hydroxylation is 4. The number of ether oxygens (including phenoxy) is 2. The highest BCUT2D eigenvalue weighted by molar-refractivity contribution is 5.98. The normalized spacial score (nSPS) is 15.3. The van der Waals surface area contributed by atoms with Crippen LogP contribution >= 0.6 is 0 Å². The van der Waals surface area contributed by atoms with Crippen molar-refractivity contribution in [2.24, 2.45) is 0 Å². The number of piperidine rings is 2. The number of pyridine rings is 2. The summed E-state index contributed by atoms with van der Waals surface area (Å²) < 4.78 is 14.9. The molecule has 4 aromatic carbocycles. The molecule has 4 aliphatic rings. The van der Waals surface area contributed by atoms with Gasteiger partial charge in [0.25, 0.3) is 0 Å². The molecule has 4 aromatic heterocycles. The van der Waals surface area contributed by atoms with E-state index in [4.69, 9.17) is 19.4 Å². The van der Waals surface area contributed by atoms with Crippen LogP contribution in [-0.2, 0) is 87.3 Å². The summed E-state index contributed by atoms with van der Waals surface area (Å²) in [5, 5.41) is 33.4. The van der Waals surface area contributed by atoms with E-state index in [1.807, 2.05) is 90.2 Å². The minimum atomic E-state index is -0.361. The highest BCUT2D eigenvalue weighted by Gasteiger charge is 2.25. The zero-order valence-electron chi connectivity index (χ0n) is 57.1. The number of carbonyl (C=O) groups excluding carboxylic acids is 5. The lowest BCUT2D eigenvalue weighted by Gasteiger charge is -2.26. The first-order chi connectivity index (χ1) is 47.5. The first-order valence-corrected chi connectivity index (χ1v) is 35.2. The van der Waals surface area contributed by atoms with Crippen molar-refractivity contribution in [2.75, 3.05) is 63.2 Å². The lowest BCUT2D eigenvalue weighted by atomic mass is 10.0. The number of hydrogen-bond donors (Lipinski definition) is 7. The Balaban J connectivity index is 0.000000194. The average molecular weight is 1320 g/mol. The zero-order chi connectivity index (χ0) is 67.7. The van der Waals surface area contributed by atoms with Crippen LogP contribution in [0.2, 0.25) is 0 Å². The lowest BCUT2D eigenvalue weighted by molar-refractivity contribution is -0.131. The van der Waals surface area contributed by atoms with Gasteiger partial charge in [0, 0.05) is 112 Å². The van der Waals surface area contributed by atoms with Crippen LogP contribution in [0.1, 0.15) is 154 Å². The minimum absolute atomic E-state index is 0.244. The van der Waals surface area contributed by atoms with Crippen molar-refractivity contribution in [3.05, 3.63) is 154 Å². The largest absolute Gasteiger partial charge is 0.381 e. The van der Waals surface area contributed by atoms with Crippen LogP contribution in [0.15, 0.2) is 109 Å². The Morgan fingerprint density at radius 3 is 1.34 bits per heavy atom. The van der Waals surface area contributed by atoms with Crippen molar-refractivity contribution in [3.63, 3.8) is 0 Å². The van der Waals surface area contributed by atoms with Gasteiger partial charge in [-0.3, -0.25) is 28.9 Å². The molecule has 8 aromatic rings. The Morgan fingerprint density at radius 1 is 0.515 bits per heavy atom. The molecule has 21 heteroatoms. The molecule has 97 heavy (non-hydrogen) atoms. The van der Waals surface area contributed by atoms with Crippen LogP contribution in [0.3, 0.4) is 0 Å². The van der Waals surface area contributed by atoms with E-state index >= 15 is 0 Å². The fourth-order valence-electron chi connectivity index (χ4n) is 13.1. The van der Waals surface area contributed by atoms with Gasteiger partial charge in [-0.25, -0.2) is 19.3 Å². The Morgan fingerprint density at radius 2 is 0.928 bits per heavy atom. The smallest absolute Gasteiger partial charge is 0.229 e. The quantitative estimate of drug-likeness (QED) is 0.0208. The molecule has 0 bridgehead atoms. The number of nitrogens with zero attached hydrogens (tertiary/aromatic N) is 7. The molecule has 4 aliphatic heterocycles. The van der Waals surface area contributed by atoms with Gasteiger partial charge in [-0.1, -0.05) is 99.5 Å². The topological polar surface area (TPSA) is 253 Å². The number of carbonyl (C=O) groups is 5. The number of likely N-dealkylation sites (tertiary alicyclic amines) is 1. The number of aromatic nitrogens is 6. The molecule has 0 radical (unpaired) electrons. The molecule has 8 heterocycles. The van der Waals surface area contributed by atoms with Gasteiger partial charge in [0.2, 0.25) is 23.6 Å². The van der Waals surface area contributed by atoms with Crippen LogP contribution in [0.25, 0.3) is 44.3 Å². The van der Waals surface area contributed by atoms with Gasteiger partial charge in [-0.2, -0.15) is 10.2 Å². The Labute approximate surface area is 570 Å². The number of hydrogen-bond acceptors (Lipinski definition) is 15. The summed E-state index contributed by atoms with van der Waals surface area (Å²) in [7, 11) is 0. The van der Waals surface area contributed by atoms with Gasteiger partial charge >= 0.3 is 0 Å². The van der Waals surface area contributed by atoms with Crippen LogP contribution in [-0.4, -0.2) is 129 Å². The average Bonchev–Trinajstić information content (AvgIpc) is 1.70. The van der Waals surface area contributed by atoms with Gasteiger partial charge in [0.1, 0.15) is 19.1 Å². The molecule has 12 rings (SSSR count). The third-order valence-corrected chi connectivity index (χ3v) is 18.4. The Bertz CT molecular complexity index is 3910. The Kier molecular flexibility index (Phi) is 26.6. The molecule has 21 nitrogen and oxygen atoms in total. The Hall–Kier alpha value is -8.89. The van der Waals surface area contributed by atoms with Crippen molar-refractivity contribution >= 4 is 63.4 Å². The van der Waals surface area contributed by atoms with Gasteiger partial charge < -0.3 is 46.7 Å². The molecule has 4 fully saturated rings. The zero-order valence-corrected chi connectivity index (χ0v) is 57.1. The summed E-state index contributed by atoms with van der Waals surface area (Å²) in [6, 6.07) is 32.6. The second-order valence-electron chi connectivity index (χ2n) is 25.4. The van der Waals surface area contributed by atoms with E-state index in [0.717, 1.165) is 142 Å². The summed E-state index contributed by atoms with van der Waals surface area (Å²) in [6.07, 6.45) is 17.1. The molecule has 4 amide bonds. The second-order valence-corrected chi connectivity index (χ2v) is 25.4. The van der Waals surface area contributed by atoms with Gasteiger partial charge in [-0.05, 0) is 167 Å². The number of rotatable bonds is 25. The predicted molar refractivity (Wildman–Crippen MR) is 382 cm³/mol. The number of fused-ring (bicyclic) bond motifs is 2. The van der Waals surface area contributed by atoms with Crippen molar-refractivity contribution < 1.29 is 33.4 Å². The predicted octanol–water partition coefficient (Wildman–Crippen LogP) is 10.7. The lowest BCUT2D eigenvalue weighted by Crippen LogP contribution is -2.32. The van der Waals surface area contributed by atoms with Crippen LogP contribution in [0.4, 0.5) is 11.4 Å². The van der Waals surface area contributed by atoms with Crippen LogP contribution in [0.5, 0.6) is 0 Å². The monoisotopic (exact) mass is 1320 g/mol. The SMILES string of the molecule is C1CCNCC1.CCc1nc2c(cnn2CC)c(NC2CCOCC2)c1CNC(=O)CC(=O)NCc1cccc(-c2cccc(C=O)c2)c1.CCc1nc2c(cnn2CC)c(NC2CCOCC2)c1CNC(=O)CC(=O)NCc1cccc(-c2cccc(CN3CCCCC3)c2)c1. The number of benzene rings is 4. The molecule has 0 unspecified atom stereocenters. The minimum Gasteiger partial charge on any atom is -0.381 e. The van der Waals surface area contributed by atoms with Gasteiger partial charge in [-0.15, -0.1) is 0 Å².